The van der Waals surface area contributed by atoms with Crippen LogP contribution in [0.25, 0.3) is 0 Å². The van der Waals surface area contributed by atoms with Crippen molar-refractivity contribution in [3.63, 3.8) is 0 Å². The summed E-state index contributed by atoms with van der Waals surface area (Å²) in [4.78, 5) is 4.21. The van der Waals surface area contributed by atoms with Crippen LogP contribution in [0.3, 0.4) is 0 Å². The van der Waals surface area contributed by atoms with Gasteiger partial charge in [-0.2, -0.15) is 0 Å². The lowest BCUT2D eigenvalue weighted by atomic mass is 9.85. The van der Waals surface area contributed by atoms with E-state index in [4.69, 9.17) is 15.2 Å². The van der Waals surface area contributed by atoms with Crippen LogP contribution in [0, 0.1) is 0 Å². The quantitative estimate of drug-likeness (QED) is 0.637. The zero-order chi connectivity index (χ0) is 18.2. The highest BCUT2D eigenvalue weighted by atomic mass is 32.1. The first-order chi connectivity index (χ1) is 12.8. The highest BCUT2D eigenvalue weighted by molar-refractivity contribution is 7.09. The second-order valence-electron chi connectivity index (χ2n) is 6.96. The van der Waals surface area contributed by atoms with Crippen LogP contribution in [0.1, 0.15) is 53.8 Å². The van der Waals surface area contributed by atoms with Crippen LogP contribution in [0.4, 0.5) is 0 Å². The van der Waals surface area contributed by atoms with Crippen molar-refractivity contribution in [2.24, 2.45) is 5.73 Å². The smallest absolute Gasteiger partial charge is 0.118 e. The normalized spacial score (nSPS) is 17.8. The monoisotopic (exact) mass is 374 g/mol. The summed E-state index contributed by atoms with van der Waals surface area (Å²) in [5.41, 5.74) is 10.3. The molecule has 0 spiro atoms. The van der Waals surface area contributed by atoms with Crippen molar-refractivity contribution in [3.8, 4) is 0 Å². The molecule has 1 unspecified atom stereocenters. The molecular formula is C21H30N2O2S. The van der Waals surface area contributed by atoms with E-state index >= 15 is 0 Å². The minimum absolute atomic E-state index is 0.303. The highest BCUT2D eigenvalue weighted by Crippen LogP contribution is 2.28. The third-order valence-corrected chi connectivity index (χ3v) is 5.85. The summed E-state index contributed by atoms with van der Waals surface area (Å²) < 4.78 is 11.7. The number of ether oxygens (including phenoxy) is 2. The van der Waals surface area contributed by atoms with Gasteiger partial charge in [0.05, 0.1) is 25.9 Å². The van der Waals surface area contributed by atoms with E-state index in [1.54, 1.807) is 11.3 Å². The molecule has 1 aliphatic carbocycles. The van der Waals surface area contributed by atoms with Gasteiger partial charge in [-0.1, -0.05) is 31.5 Å². The summed E-state index contributed by atoms with van der Waals surface area (Å²) in [5.74, 6) is 0.495. The molecular weight excluding hydrogens is 344 g/mol. The van der Waals surface area contributed by atoms with Crippen molar-refractivity contribution in [3.05, 3.63) is 51.5 Å². The van der Waals surface area contributed by atoms with E-state index < -0.39 is 0 Å². The van der Waals surface area contributed by atoms with Gasteiger partial charge in [0.2, 0.25) is 0 Å². The Balaban J connectivity index is 1.44. The largest absolute Gasteiger partial charge is 0.375 e. The van der Waals surface area contributed by atoms with Gasteiger partial charge < -0.3 is 15.2 Å². The van der Waals surface area contributed by atoms with Gasteiger partial charge in [-0.25, -0.2) is 4.98 Å². The Morgan fingerprint density at radius 3 is 3.00 bits per heavy atom. The molecule has 142 valence electrons. The number of hydrogen-bond donors (Lipinski definition) is 1. The van der Waals surface area contributed by atoms with Gasteiger partial charge in [0, 0.05) is 11.6 Å². The number of nitrogens with zero attached hydrogens (tertiary/aromatic N) is 1. The molecule has 2 atom stereocenters. The third-order valence-electron chi connectivity index (χ3n) is 5.10. The second-order valence-corrected chi connectivity index (χ2v) is 7.94. The molecule has 2 N–H and O–H groups in total. The van der Waals surface area contributed by atoms with Crippen molar-refractivity contribution in [2.45, 2.75) is 57.7 Å². The zero-order valence-electron chi connectivity index (χ0n) is 15.7. The molecule has 0 amide bonds. The molecule has 0 saturated carbocycles. The van der Waals surface area contributed by atoms with Crippen LogP contribution in [0.5, 0.6) is 0 Å². The number of nitrogens with two attached hydrogens (primary N) is 1. The molecule has 26 heavy (non-hydrogen) atoms. The maximum atomic E-state index is 6.03. The van der Waals surface area contributed by atoms with Gasteiger partial charge in [-0.15, -0.1) is 11.3 Å². The first-order valence-corrected chi connectivity index (χ1v) is 10.6. The number of aromatic nitrogens is 1. The van der Waals surface area contributed by atoms with Gasteiger partial charge in [-0.3, -0.25) is 0 Å². The molecule has 1 heterocycles. The Bertz CT molecular complexity index is 660. The van der Waals surface area contributed by atoms with E-state index in [9.17, 15) is 0 Å². The van der Waals surface area contributed by atoms with Crippen molar-refractivity contribution in [1.82, 2.24) is 4.98 Å². The van der Waals surface area contributed by atoms with E-state index in [1.165, 1.54) is 29.5 Å². The molecule has 0 saturated heterocycles. The second kappa shape index (κ2) is 10.2. The van der Waals surface area contributed by atoms with E-state index in [0.29, 0.717) is 31.8 Å². The van der Waals surface area contributed by atoms with Gasteiger partial charge in [0.15, 0.2) is 0 Å². The number of benzene rings is 1. The highest BCUT2D eigenvalue weighted by Gasteiger charge is 2.20. The van der Waals surface area contributed by atoms with Crippen LogP contribution >= 0.6 is 11.3 Å². The molecule has 1 aromatic heterocycles. The predicted octanol–water partition coefficient (Wildman–Crippen LogP) is 4.08. The molecule has 1 aromatic carbocycles. The number of hydrogen-bond acceptors (Lipinski definition) is 5. The first kappa shape index (κ1) is 19.5. The number of rotatable bonds is 10. The van der Waals surface area contributed by atoms with Gasteiger partial charge in [0.25, 0.3) is 0 Å². The standard InChI is InChI=1S/C21H30N2O2S/c1-2-3-19(14-22)17-4-5-18-13-20(7-6-16(18)12-17)25-10-9-24-15-21-23-8-11-26-21/h4-5,8,11-12,19-20H,2-3,6-7,9-10,13-15,22H2,1H3/t19?,20-/m0/s1. The molecule has 1 aliphatic rings. The summed E-state index contributed by atoms with van der Waals surface area (Å²) in [6.45, 7) is 4.81. The fourth-order valence-electron chi connectivity index (χ4n) is 3.66. The Morgan fingerprint density at radius 2 is 2.23 bits per heavy atom. The fraction of sp³-hybridized carbons (Fsp3) is 0.571. The first-order valence-electron chi connectivity index (χ1n) is 9.69. The lowest BCUT2D eigenvalue weighted by Gasteiger charge is -2.26. The molecule has 2 aromatic rings. The predicted molar refractivity (Wildman–Crippen MR) is 107 cm³/mol. The Labute approximate surface area is 160 Å². The molecule has 3 rings (SSSR count). The Kier molecular flexibility index (Phi) is 7.62. The van der Waals surface area contributed by atoms with Gasteiger partial charge in [-0.05, 0) is 54.8 Å². The lowest BCUT2D eigenvalue weighted by molar-refractivity contribution is -0.00461. The average molecular weight is 375 g/mol. The number of aryl methyl sites for hydroxylation is 1. The summed E-state index contributed by atoms with van der Waals surface area (Å²) in [5, 5.41) is 2.99. The van der Waals surface area contributed by atoms with Crippen molar-refractivity contribution >= 4 is 11.3 Å². The maximum Gasteiger partial charge on any atom is 0.118 e. The Morgan fingerprint density at radius 1 is 1.31 bits per heavy atom. The zero-order valence-corrected chi connectivity index (χ0v) is 16.5. The molecule has 0 fully saturated rings. The van der Waals surface area contributed by atoms with Crippen LogP contribution < -0.4 is 5.73 Å². The minimum Gasteiger partial charge on any atom is -0.375 e. The van der Waals surface area contributed by atoms with Gasteiger partial charge >= 0.3 is 0 Å². The Hall–Kier alpha value is -1.27. The topological polar surface area (TPSA) is 57.4 Å². The van der Waals surface area contributed by atoms with E-state index in [-0.39, 0.29) is 0 Å². The summed E-state index contributed by atoms with van der Waals surface area (Å²) in [6, 6.07) is 6.94. The summed E-state index contributed by atoms with van der Waals surface area (Å²) in [7, 11) is 0. The minimum atomic E-state index is 0.303. The van der Waals surface area contributed by atoms with Gasteiger partial charge in [0.1, 0.15) is 5.01 Å². The van der Waals surface area contributed by atoms with Crippen LogP contribution in [0.15, 0.2) is 29.8 Å². The van der Waals surface area contributed by atoms with E-state index in [2.05, 4.69) is 30.1 Å². The SMILES string of the molecule is CCCC(CN)c1ccc2c(c1)CC[C@H](OCCOCc1nccs1)C2. The molecule has 5 heteroatoms. The number of fused-ring (bicyclic) bond motifs is 1. The lowest BCUT2D eigenvalue weighted by Crippen LogP contribution is -2.24. The van der Waals surface area contributed by atoms with Crippen LogP contribution in [-0.4, -0.2) is 30.8 Å². The van der Waals surface area contributed by atoms with E-state index in [1.807, 2.05) is 11.6 Å². The maximum absolute atomic E-state index is 6.03. The molecule has 0 aliphatic heterocycles. The van der Waals surface area contributed by atoms with E-state index in [0.717, 1.165) is 30.8 Å². The fourth-order valence-corrected chi connectivity index (χ4v) is 4.22. The van der Waals surface area contributed by atoms with Crippen molar-refractivity contribution in [2.75, 3.05) is 19.8 Å². The molecule has 0 bridgehead atoms. The molecule has 4 nitrogen and oxygen atoms in total. The van der Waals surface area contributed by atoms with Crippen LogP contribution in [-0.2, 0) is 28.9 Å². The summed E-state index contributed by atoms with van der Waals surface area (Å²) in [6.07, 6.45) is 7.65. The van der Waals surface area contributed by atoms with Crippen molar-refractivity contribution < 1.29 is 9.47 Å². The van der Waals surface area contributed by atoms with Crippen LogP contribution in [0.2, 0.25) is 0 Å². The molecule has 0 radical (unpaired) electrons. The number of thiazole rings is 1. The third kappa shape index (κ3) is 5.36. The van der Waals surface area contributed by atoms with Crippen molar-refractivity contribution in [1.29, 1.82) is 0 Å². The average Bonchev–Trinajstić information content (AvgIpc) is 3.19. The summed E-state index contributed by atoms with van der Waals surface area (Å²) >= 11 is 1.62.